The Kier molecular flexibility index (Phi) is 4.57. The predicted molar refractivity (Wildman–Crippen MR) is 144 cm³/mol. The first-order chi connectivity index (χ1) is 17.6. The molecule has 4 bridgehead atoms. The number of fused-ring (bicyclic) bond motifs is 3. The van der Waals surface area contributed by atoms with Gasteiger partial charge in [-0.1, -0.05) is 30.0 Å². The Labute approximate surface area is 220 Å². The average Bonchev–Trinajstić information content (AvgIpc) is 3.49. The second-order valence-electron chi connectivity index (χ2n) is 11.5. The lowest BCUT2D eigenvalue weighted by Gasteiger charge is -2.73. The van der Waals surface area contributed by atoms with Gasteiger partial charge >= 0.3 is 0 Å². The fourth-order valence-corrected chi connectivity index (χ4v) is 11.6. The zero-order valence-corrected chi connectivity index (χ0v) is 22.7. The lowest BCUT2D eigenvalue weighted by atomic mass is 9.35. The van der Waals surface area contributed by atoms with Crippen LogP contribution in [0.3, 0.4) is 0 Å². The van der Waals surface area contributed by atoms with Gasteiger partial charge in [0.15, 0.2) is 15.8 Å². The molecule has 3 heterocycles. The Balaban J connectivity index is 1.25. The first-order valence-corrected chi connectivity index (χ1v) is 15.0. The fourth-order valence-electron chi connectivity index (χ4n) is 9.26. The molecule has 5 nitrogen and oxygen atoms in total. The Hall–Kier alpha value is -1.80. The monoisotopic (exact) mass is 520 g/mol. The molecule has 4 fully saturated rings. The van der Waals surface area contributed by atoms with E-state index in [0.717, 1.165) is 52.9 Å². The van der Waals surface area contributed by atoms with E-state index in [1.807, 2.05) is 30.2 Å². The summed E-state index contributed by atoms with van der Waals surface area (Å²) < 4.78 is 22.0. The molecule has 2 spiro atoms. The summed E-state index contributed by atoms with van der Waals surface area (Å²) in [5.74, 6) is 3.33. The number of methoxy groups -OCH3 is 2. The van der Waals surface area contributed by atoms with Gasteiger partial charge in [-0.25, -0.2) is 4.98 Å². The van der Waals surface area contributed by atoms with Crippen molar-refractivity contribution in [2.45, 2.75) is 59.6 Å². The summed E-state index contributed by atoms with van der Waals surface area (Å²) in [6, 6.07) is 13.4. The second-order valence-corrected chi connectivity index (χ2v) is 13.8. The number of ether oxygens (including phenoxy) is 3. The van der Waals surface area contributed by atoms with Gasteiger partial charge in [0.2, 0.25) is 0 Å². The number of benzene rings is 2. The van der Waals surface area contributed by atoms with Crippen LogP contribution in [-0.2, 0) is 16.6 Å². The van der Waals surface area contributed by atoms with Crippen LogP contribution in [0.1, 0.15) is 36.8 Å². The van der Waals surface area contributed by atoms with Crippen molar-refractivity contribution < 1.29 is 14.2 Å². The molecule has 0 amide bonds. The molecule has 3 saturated carbocycles. The Bertz CT molecular complexity index is 1360. The molecule has 36 heavy (non-hydrogen) atoms. The lowest BCUT2D eigenvalue weighted by molar-refractivity contribution is -0.271. The van der Waals surface area contributed by atoms with Crippen LogP contribution in [0.2, 0.25) is 0 Å². The van der Waals surface area contributed by atoms with Gasteiger partial charge < -0.3 is 19.1 Å². The Morgan fingerprint density at radius 2 is 2.06 bits per heavy atom. The molecule has 6 aliphatic rings. The smallest absolute Gasteiger partial charge is 0.165 e. The van der Waals surface area contributed by atoms with Crippen molar-refractivity contribution in [1.82, 2.24) is 9.88 Å². The molecule has 0 N–H and O–H groups in total. The number of para-hydroxylation sites is 1. The molecule has 1 aromatic heterocycles. The Morgan fingerprint density at radius 1 is 1.17 bits per heavy atom. The molecule has 6 atom stereocenters. The largest absolute Gasteiger partial charge is 0.493 e. The van der Waals surface area contributed by atoms with E-state index < -0.39 is 0 Å². The maximum atomic E-state index is 7.10. The van der Waals surface area contributed by atoms with E-state index in [0.29, 0.717) is 12.0 Å². The number of likely N-dealkylation sites (tertiary alicyclic amines) is 1. The number of hydrogen-bond acceptors (Lipinski definition) is 7. The van der Waals surface area contributed by atoms with Crippen LogP contribution in [0.4, 0.5) is 0 Å². The van der Waals surface area contributed by atoms with Crippen LogP contribution >= 0.6 is 23.1 Å². The van der Waals surface area contributed by atoms with Crippen molar-refractivity contribution in [3.8, 4) is 11.5 Å². The SMILES string of the molecule is COc1ccc2c3c1O[C@H]1[C@@]4(OC)CC[C@@]5(C[C@@H]4CSc4nc6ccccc6s4)[C@@H](C2)N(C)CC[C@]315. The zero-order chi connectivity index (χ0) is 24.3. The van der Waals surface area contributed by atoms with Crippen molar-refractivity contribution >= 4 is 33.3 Å². The van der Waals surface area contributed by atoms with E-state index >= 15 is 0 Å². The topological polar surface area (TPSA) is 43.8 Å². The van der Waals surface area contributed by atoms with E-state index in [9.17, 15) is 0 Å². The van der Waals surface area contributed by atoms with Crippen molar-refractivity contribution in [3.63, 3.8) is 0 Å². The minimum absolute atomic E-state index is 0.0208. The first-order valence-electron chi connectivity index (χ1n) is 13.2. The molecule has 2 aromatic carbocycles. The fraction of sp³-hybridized carbons (Fsp3) is 0.552. The summed E-state index contributed by atoms with van der Waals surface area (Å²) in [6.07, 6.45) is 5.77. The maximum Gasteiger partial charge on any atom is 0.165 e. The zero-order valence-electron chi connectivity index (χ0n) is 21.1. The molecule has 1 saturated heterocycles. The third-order valence-corrected chi connectivity index (χ3v) is 13.0. The predicted octanol–water partition coefficient (Wildman–Crippen LogP) is 5.54. The highest BCUT2D eigenvalue weighted by Crippen LogP contribution is 2.76. The average molecular weight is 521 g/mol. The number of hydrogen-bond donors (Lipinski definition) is 0. The second kappa shape index (κ2) is 7.40. The number of rotatable bonds is 5. The van der Waals surface area contributed by atoms with Gasteiger partial charge in [0.1, 0.15) is 11.7 Å². The molecule has 2 aliphatic heterocycles. The van der Waals surface area contributed by atoms with Crippen LogP contribution < -0.4 is 9.47 Å². The summed E-state index contributed by atoms with van der Waals surface area (Å²) in [6.45, 7) is 1.12. The normalized spacial score (nSPS) is 37.7. The van der Waals surface area contributed by atoms with Crippen LogP contribution in [-0.4, -0.2) is 61.2 Å². The first kappa shape index (κ1) is 22.2. The lowest BCUT2D eigenvalue weighted by Crippen LogP contribution is -2.80. The van der Waals surface area contributed by atoms with E-state index in [-0.39, 0.29) is 22.5 Å². The minimum Gasteiger partial charge on any atom is -0.493 e. The molecule has 188 valence electrons. The van der Waals surface area contributed by atoms with Gasteiger partial charge in [-0.2, -0.15) is 0 Å². The summed E-state index contributed by atoms with van der Waals surface area (Å²) in [4.78, 5) is 7.59. The minimum atomic E-state index is -0.287. The van der Waals surface area contributed by atoms with Gasteiger partial charge in [0.05, 0.1) is 17.3 Å². The number of aromatic nitrogens is 1. The van der Waals surface area contributed by atoms with Gasteiger partial charge in [0, 0.05) is 41.2 Å². The molecule has 3 aromatic rings. The maximum absolute atomic E-state index is 7.10. The highest BCUT2D eigenvalue weighted by atomic mass is 32.2. The molecular weight excluding hydrogens is 488 g/mol. The van der Waals surface area contributed by atoms with Crippen molar-refractivity contribution in [1.29, 1.82) is 0 Å². The van der Waals surface area contributed by atoms with E-state index in [1.165, 1.54) is 28.7 Å². The quantitative estimate of drug-likeness (QED) is 0.412. The molecule has 9 rings (SSSR count). The molecule has 4 aliphatic carbocycles. The van der Waals surface area contributed by atoms with Crippen LogP contribution in [0.25, 0.3) is 10.2 Å². The standard InChI is InChI=1S/C29H32N2O3S2/c1-31-13-12-28-23-17-8-9-20(32-2)24(23)34-25(28)29(33-3)11-10-27(28,22(31)14-17)15-18(29)16-35-26-30-19-6-4-5-7-21(19)36-26/h4-9,18,22,25H,10-16H2,1-3H3/t18-,22-,25-,27-,28+,29-/m1/s1. The van der Waals surface area contributed by atoms with Gasteiger partial charge in [-0.3, -0.25) is 0 Å². The summed E-state index contributed by atoms with van der Waals surface area (Å²) in [5, 5.41) is 0. The Morgan fingerprint density at radius 3 is 2.89 bits per heavy atom. The number of nitrogens with zero attached hydrogens (tertiary/aromatic N) is 2. The van der Waals surface area contributed by atoms with Crippen LogP contribution in [0, 0.1) is 11.3 Å². The van der Waals surface area contributed by atoms with Crippen LogP contribution in [0.5, 0.6) is 11.5 Å². The molecular formula is C29H32N2O3S2. The van der Waals surface area contributed by atoms with Gasteiger partial charge in [-0.15, -0.1) is 11.3 Å². The van der Waals surface area contributed by atoms with Crippen LogP contribution in [0.15, 0.2) is 40.7 Å². The highest BCUT2D eigenvalue weighted by Gasteiger charge is 2.80. The van der Waals surface area contributed by atoms with Gasteiger partial charge in [0.25, 0.3) is 0 Å². The summed E-state index contributed by atoms with van der Waals surface area (Å²) >= 11 is 3.73. The van der Waals surface area contributed by atoms with E-state index in [1.54, 1.807) is 7.11 Å². The van der Waals surface area contributed by atoms with Crippen molar-refractivity contribution in [2.75, 3.05) is 33.6 Å². The van der Waals surface area contributed by atoms with Gasteiger partial charge in [-0.05, 0) is 69.5 Å². The van der Waals surface area contributed by atoms with E-state index in [4.69, 9.17) is 19.2 Å². The van der Waals surface area contributed by atoms with Crippen molar-refractivity contribution in [2.24, 2.45) is 11.3 Å². The number of thioether (sulfide) groups is 1. The third-order valence-electron chi connectivity index (χ3n) is 10.7. The molecule has 0 unspecified atom stereocenters. The highest BCUT2D eigenvalue weighted by molar-refractivity contribution is 8.01. The van der Waals surface area contributed by atoms with E-state index in [2.05, 4.69) is 48.3 Å². The third kappa shape index (κ3) is 2.45. The summed E-state index contributed by atoms with van der Waals surface area (Å²) in [7, 11) is 6.06. The number of thiazole rings is 1. The van der Waals surface area contributed by atoms with Crippen molar-refractivity contribution in [3.05, 3.63) is 47.5 Å². The molecule has 7 heteroatoms. The molecule has 0 radical (unpaired) electrons. The summed E-state index contributed by atoms with van der Waals surface area (Å²) in [5.41, 5.74) is 3.99. The number of likely N-dealkylation sites (N-methyl/N-ethyl adjacent to an activating group) is 1. The number of piperidine rings is 1.